The van der Waals surface area contributed by atoms with E-state index >= 15 is 0 Å². The SMILES string of the molecule is CCC[N+](CC)(CCC)CCOC(=O)C1=CC(C)C1. The molecule has 0 aliphatic heterocycles. The molecule has 0 spiro atoms. The van der Waals surface area contributed by atoms with E-state index in [1.54, 1.807) is 0 Å². The molecule has 0 amide bonds. The molecule has 1 aliphatic rings. The topological polar surface area (TPSA) is 26.3 Å². The Labute approximate surface area is 118 Å². The maximum atomic E-state index is 11.8. The van der Waals surface area contributed by atoms with Crippen molar-refractivity contribution in [2.24, 2.45) is 5.92 Å². The van der Waals surface area contributed by atoms with E-state index in [0.29, 0.717) is 12.5 Å². The summed E-state index contributed by atoms with van der Waals surface area (Å²) in [5, 5.41) is 0. The van der Waals surface area contributed by atoms with Gasteiger partial charge in [-0.3, -0.25) is 0 Å². The first kappa shape index (κ1) is 16.2. The van der Waals surface area contributed by atoms with Crippen LogP contribution in [0.15, 0.2) is 11.6 Å². The fraction of sp³-hybridized carbons (Fsp3) is 0.812. The van der Waals surface area contributed by atoms with Crippen molar-refractivity contribution in [3.05, 3.63) is 11.6 Å². The van der Waals surface area contributed by atoms with Crippen LogP contribution in [0.25, 0.3) is 0 Å². The Morgan fingerprint density at radius 3 is 2.26 bits per heavy atom. The van der Waals surface area contributed by atoms with Gasteiger partial charge in [-0.25, -0.2) is 4.79 Å². The fourth-order valence-corrected chi connectivity index (χ4v) is 2.99. The molecule has 0 aromatic carbocycles. The maximum Gasteiger partial charge on any atom is 0.333 e. The van der Waals surface area contributed by atoms with Crippen molar-refractivity contribution in [1.82, 2.24) is 0 Å². The summed E-state index contributed by atoms with van der Waals surface area (Å²) in [6.07, 6.45) is 5.27. The van der Waals surface area contributed by atoms with Gasteiger partial charge in [-0.2, -0.15) is 0 Å². The van der Waals surface area contributed by atoms with Crippen LogP contribution in [-0.4, -0.2) is 43.2 Å². The van der Waals surface area contributed by atoms with Gasteiger partial charge < -0.3 is 9.22 Å². The van der Waals surface area contributed by atoms with E-state index in [9.17, 15) is 4.79 Å². The Morgan fingerprint density at radius 2 is 1.84 bits per heavy atom. The molecule has 0 heterocycles. The third kappa shape index (κ3) is 4.64. The standard InChI is InChI=1S/C16H30NO2/c1-5-8-17(7-3,9-6-2)10-11-19-16(18)15-12-14(4)13-15/h12,14H,5-11,13H2,1-4H3/q+1. The van der Waals surface area contributed by atoms with Gasteiger partial charge in [0.05, 0.1) is 19.6 Å². The van der Waals surface area contributed by atoms with Crippen LogP contribution in [0.2, 0.25) is 0 Å². The van der Waals surface area contributed by atoms with Crippen molar-refractivity contribution in [2.45, 2.75) is 47.0 Å². The molecule has 0 aromatic heterocycles. The zero-order valence-corrected chi connectivity index (χ0v) is 13.1. The summed E-state index contributed by atoms with van der Waals surface area (Å²) in [6, 6.07) is 0. The monoisotopic (exact) mass is 268 g/mol. The summed E-state index contributed by atoms with van der Waals surface area (Å²) < 4.78 is 6.50. The molecular formula is C16H30NO2+. The largest absolute Gasteiger partial charge is 0.456 e. The number of quaternary nitrogens is 1. The second-order valence-corrected chi connectivity index (χ2v) is 5.84. The summed E-state index contributed by atoms with van der Waals surface area (Å²) >= 11 is 0. The smallest absolute Gasteiger partial charge is 0.333 e. The number of carbonyl (C=O) groups is 1. The van der Waals surface area contributed by atoms with Gasteiger partial charge in [-0.1, -0.05) is 26.8 Å². The zero-order chi connectivity index (χ0) is 14.3. The highest BCUT2D eigenvalue weighted by Gasteiger charge is 2.26. The number of likely N-dealkylation sites (N-methyl/N-ethyl adjacent to an activating group) is 1. The lowest BCUT2D eigenvalue weighted by atomic mass is 9.88. The van der Waals surface area contributed by atoms with Gasteiger partial charge in [0.25, 0.3) is 0 Å². The second-order valence-electron chi connectivity index (χ2n) is 5.84. The highest BCUT2D eigenvalue weighted by Crippen LogP contribution is 2.25. The van der Waals surface area contributed by atoms with Crippen LogP contribution in [0.5, 0.6) is 0 Å². The van der Waals surface area contributed by atoms with Crippen molar-refractivity contribution in [3.63, 3.8) is 0 Å². The molecule has 19 heavy (non-hydrogen) atoms. The summed E-state index contributed by atoms with van der Waals surface area (Å²) in [4.78, 5) is 11.8. The number of hydrogen-bond donors (Lipinski definition) is 0. The molecule has 1 aliphatic carbocycles. The Kier molecular flexibility index (Phi) is 6.56. The van der Waals surface area contributed by atoms with Crippen LogP contribution in [-0.2, 0) is 9.53 Å². The van der Waals surface area contributed by atoms with E-state index in [2.05, 4.69) is 27.7 Å². The molecule has 3 heteroatoms. The molecule has 0 radical (unpaired) electrons. The molecule has 110 valence electrons. The van der Waals surface area contributed by atoms with Crippen molar-refractivity contribution in [3.8, 4) is 0 Å². The Hall–Kier alpha value is -0.830. The number of carbonyl (C=O) groups excluding carboxylic acids is 1. The van der Waals surface area contributed by atoms with Crippen molar-refractivity contribution < 1.29 is 14.0 Å². The van der Waals surface area contributed by atoms with E-state index in [1.807, 2.05) is 6.08 Å². The van der Waals surface area contributed by atoms with Gasteiger partial charge in [-0.15, -0.1) is 0 Å². The number of allylic oxidation sites excluding steroid dienone is 1. The molecule has 0 saturated carbocycles. The Bertz CT molecular complexity index is 317. The van der Waals surface area contributed by atoms with Gasteiger partial charge in [0.1, 0.15) is 13.2 Å². The summed E-state index contributed by atoms with van der Waals surface area (Å²) in [7, 11) is 0. The average Bonchev–Trinajstić information content (AvgIpc) is 2.35. The summed E-state index contributed by atoms with van der Waals surface area (Å²) in [6.45, 7) is 13.8. The predicted molar refractivity (Wildman–Crippen MR) is 78.8 cm³/mol. The van der Waals surface area contributed by atoms with E-state index in [1.165, 1.54) is 25.9 Å². The van der Waals surface area contributed by atoms with Gasteiger partial charge in [-0.05, 0) is 32.1 Å². The minimum Gasteiger partial charge on any atom is -0.456 e. The molecule has 1 unspecified atom stereocenters. The van der Waals surface area contributed by atoms with Crippen molar-refractivity contribution in [1.29, 1.82) is 0 Å². The molecule has 1 rings (SSSR count). The van der Waals surface area contributed by atoms with Crippen LogP contribution in [0.3, 0.4) is 0 Å². The number of esters is 1. The second kappa shape index (κ2) is 7.68. The lowest BCUT2D eigenvalue weighted by Crippen LogP contribution is -2.51. The van der Waals surface area contributed by atoms with Gasteiger partial charge in [0.15, 0.2) is 0 Å². The minimum atomic E-state index is -0.0969. The van der Waals surface area contributed by atoms with Crippen LogP contribution >= 0.6 is 0 Å². The molecular weight excluding hydrogens is 238 g/mol. The number of rotatable bonds is 9. The molecule has 0 bridgehead atoms. The van der Waals surface area contributed by atoms with Crippen molar-refractivity contribution >= 4 is 5.97 Å². The number of nitrogens with zero attached hydrogens (tertiary/aromatic N) is 1. The third-order valence-corrected chi connectivity index (χ3v) is 4.16. The molecule has 3 nitrogen and oxygen atoms in total. The normalized spacial score (nSPS) is 18.7. The van der Waals surface area contributed by atoms with Gasteiger partial charge in [0.2, 0.25) is 0 Å². The number of hydrogen-bond acceptors (Lipinski definition) is 2. The third-order valence-electron chi connectivity index (χ3n) is 4.16. The zero-order valence-electron chi connectivity index (χ0n) is 13.1. The van der Waals surface area contributed by atoms with Crippen LogP contribution in [0.4, 0.5) is 0 Å². The number of ether oxygens (including phenoxy) is 1. The van der Waals surface area contributed by atoms with Crippen LogP contribution < -0.4 is 0 Å². The van der Waals surface area contributed by atoms with Crippen LogP contribution in [0.1, 0.15) is 47.0 Å². The highest BCUT2D eigenvalue weighted by molar-refractivity contribution is 5.90. The van der Waals surface area contributed by atoms with Gasteiger partial charge >= 0.3 is 5.97 Å². The first-order valence-electron chi connectivity index (χ1n) is 7.79. The minimum absolute atomic E-state index is 0.0969. The van der Waals surface area contributed by atoms with Crippen molar-refractivity contribution in [2.75, 3.05) is 32.8 Å². The molecule has 0 aromatic rings. The molecule has 0 fully saturated rings. The highest BCUT2D eigenvalue weighted by atomic mass is 16.5. The van der Waals surface area contributed by atoms with Gasteiger partial charge in [0, 0.05) is 5.57 Å². The molecule has 1 atom stereocenters. The predicted octanol–water partition coefficient (Wildman–Crippen LogP) is 3.15. The quantitative estimate of drug-likeness (QED) is 0.474. The van der Waals surface area contributed by atoms with E-state index in [4.69, 9.17) is 4.74 Å². The van der Waals surface area contributed by atoms with E-state index < -0.39 is 0 Å². The van der Waals surface area contributed by atoms with Crippen LogP contribution in [0, 0.1) is 5.92 Å². The summed E-state index contributed by atoms with van der Waals surface area (Å²) in [5.74, 6) is 0.452. The molecule has 0 saturated heterocycles. The average molecular weight is 268 g/mol. The molecule has 0 N–H and O–H groups in total. The summed E-state index contributed by atoms with van der Waals surface area (Å²) in [5.41, 5.74) is 0.869. The first-order chi connectivity index (χ1) is 9.06. The lowest BCUT2D eigenvalue weighted by Gasteiger charge is -2.37. The Morgan fingerprint density at radius 1 is 1.26 bits per heavy atom. The first-order valence-corrected chi connectivity index (χ1v) is 7.79. The Balaban J connectivity index is 2.39. The fourth-order valence-electron chi connectivity index (χ4n) is 2.99. The maximum absolute atomic E-state index is 11.8. The lowest BCUT2D eigenvalue weighted by molar-refractivity contribution is -0.926. The van der Waals surface area contributed by atoms with E-state index in [0.717, 1.165) is 29.6 Å². The van der Waals surface area contributed by atoms with E-state index in [-0.39, 0.29) is 5.97 Å².